The lowest BCUT2D eigenvalue weighted by Crippen LogP contribution is -2.15. The molecule has 0 atom stereocenters. The van der Waals surface area contributed by atoms with E-state index in [1.54, 1.807) is 10.2 Å². The van der Waals surface area contributed by atoms with Crippen LogP contribution in [-0.4, -0.2) is 4.89 Å². The number of nitrogens with one attached hydrogen (secondary N) is 2. The van der Waals surface area contributed by atoms with Gasteiger partial charge in [0.25, 0.3) is 0 Å². The summed E-state index contributed by atoms with van der Waals surface area (Å²) in [5, 5.41) is 3.38. The Morgan fingerprint density at radius 2 is 1.11 bits per heavy atom. The van der Waals surface area contributed by atoms with Crippen molar-refractivity contribution in [1.29, 1.82) is 0 Å². The molecular formula is C14H13F6N4O2P. The Kier molecular flexibility index (Phi) is 5.26. The molecule has 0 aliphatic rings. The number of hydrogen-bond donors (Lipinski definition) is 5. The number of rotatable bonds is 4. The fourth-order valence-corrected chi connectivity index (χ4v) is 3.24. The summed E-state index contributed by atoms with van der Waals surface area (Å²) in [6.45, 7) is 0. The molecule has 2 aromatic carbocycles. The summed E-state index contributed by atoms with van der Waals surface area (Å²) in [4.78, 5) is 9.88. The monoisotopic (exact) mass is 414 g/mol. The fourth-order valence-electron chi connectivity index (χ4n) is 2.14. The summed E-state index contributed by atoms with van der Waals surface area (Å²) >= 11 is 0. The maximum absolute atomic E-state index is 13.0. The van der Waals surface area contributed by atoms with Gasteiger partial charge in [0.15, 0.2) is 0 Å². The molecule has 0 radical (unpaired) electrons. The molecule has 0 bridgehead atoms. The predicted molar refractivity (Wildman–Crippen MR) is 88.8 cm³/mol. The van der Waals surface area contributed by atoms with E-state index in [0.29, 0.717) is 12.1 Å². The van der Waals surface area contributed by atoms with E-state index in [1.165, 1.54) is 0 Å². The van der Waals surface area contributed by atoms with E-state index in [0.717, 1.165) is 24.3 Å². The van der Waals surface area contributed by atoms with E-state index in [4.69, 9.17) is 11.5 Å². The molecule has 0 aliphatic heterocycles. The van der Waals surface area contributed by atoms with Crippen molar-refractivity contribution in [2.45, 2.75) is 12.4 Å². The van der Waals surface area contributed by atoms with Gasteiger partial charge in [0, 0.05) is 11.4 Å². The quantitative estimate of drug-likeness (QED) is 0.286. The first-order valence-electron chi connectivity index (χ1n) is 7.02. The van der Waals surface area contributed by atoms with E-state index >= 15 is 0 Å². The van der Waals surface area contributed by atoms with Crippen molar-refractivity contribution in [3.8, 4) is 0 Å². The van der Waals surface area contributed by atoms with E-state index in [1.807, 2.05) is 0 Å². The number of halogens is 6. The molecule has 0 aromatic heterocycles. The molecule has 0 spiro atoms. The second kappa shape index (κ2) is 6.86. The lowest BCUT2D eigenvalue weighted by atomic mass is 10.1. The summed E-state index contributed by atoms with van der Waals surface area (Å²) in [5.41, 5.74) is 5.67. The van der Waals surface area contributed by atoms with Crippen LogP contribution in [0.25, 0.3) is 0 Å². The second-order valence-corrected chi connectivity index (χ2v) is 7.00. The van der Waals surface area contributed by atoms with E-state index in [-0.39, 0.29) is 11.4 Å². The van der Waals surface area contributed by atoms with Crippen LogP contribution in [0.2, 0.25) is 0 Å². The van der Waals surface area contributed by atoms with Crippen molar-refractivity contribution in [3.05, 3.63) is 47.5 Å². The highest BCUT2D eigenvalue weighted by Crippen LogP contribution is 2.47. The Hall–Kier alpha value is -2.59. The van der Waals surface area contributed by atoms with Crippen LogP contribution in [0.15, 0.2) is 36.4 Å². The van der Waals surface area contributed by atoms with Gasteiger partial charge in [0.2, 0.25) is 0 Å². The summed E-state index contributed by atoms with van der Waals surface area (Å²) < 4.78 is 90.5. The van der Waals surface area contributed by atoms with Gasteiger partial charge in [-0.1, -0.05) is 0 Å². The molecule has 6 nitrogen and oxygen atoms in total. The van der Waals surface area contributed by atoms with E-state index < -0.39 is 42.5 Å². The van der Waals surface area contributed by atoms with Crippen LogP contribution < -0.4 is 21.6 Å². The first-order valence-corrected chi connectivity index (χ1v) is 8.68. The van der Waals surface area contributed by atoms with Crippen LogP contribution in [0.3, 0.4) is 0 Å². The third kappa shape index (κ3) is 5.20. The minimum atomic E-state index is -4.94. The van der Waals surface area contributed by atoms with Crippen LogP contribution >= 0.6 is 7.67 Å². The average Bonchev–Trinajstić information content (AvgIpc) is 2.48. The molecule has 7 N–H and O–H groups in total. The van der Waals surface area contributed by atoms with Crippen molar-refractivity contribution in [2.24, 2.45) is 0 Å². The smallest absolute Gasteiger partial charge is 0.399 e. The number of alkyl halides is 6. The second-order valence-electron chi connectivity index (χ2n) is 5.41. The molecule has 2 aromatic rings. The zero-order chi connectivity index (χ0) is 20.6. The normalized spacial score (nSPS) is 12.7. The van der Waals surface area contributed by atoms with Crippen molar-refractivity contribution < 1.29 is 35.8 Å². The lowest BCUT2D eigenvalue weighted by molar-refractivity contribution is -0.137. The van der Waals surface area contributed by atoms with Gasteiger partial charge in [0.1, 0.15) is 0 Å². The molecular weight excluding hydrogens is 401 g/mol. The van der Waals surface area contributed by atoms with Crippen LogP contribution in [0.4, 0.5) is 49.1 Å². The van der Waals surface area contributed by atoms with Gasteiger partial charge in [-0.2, -0.15) is 26.3 Å². The summed E-state index contributed by atoms with van der Waals surface area (Å²) in [7, 11) is -4.94. The topological polar surface area (TPSA) is 113 Å². The Bertz CT molecular complexity index is 831. The third-order valence-corrected chi connectivity index (χ3v) is 4.33. The molecule has 13 heteroatoms. The van der Waals surface area contributed by atoms with Crippen molar-refractivity contribution in [3.63, 3.8) is 0 Å². The average molecular weight is 414 g/mol. The highest BCUT2D eigenvalue weighted by molar-refractivity contribution is 7.61. The third-order valence-electron chi connectivity index (χ3n) is 3.24. The maximum Gasteiger partial charge on any atom is 0.418 e. The van der Waals surface area contributed by atoms with Gasteiger partial charge in [0.05, 0.1) is 22.5 Å². The predicted octanol–water partition coefficient (Wildman–Crippen LogP) is 4.51. The van der Waals surface area contributed by atoms with Crippen molar-refractivity contribution >= 4 is 30.4 Å². The fraction of sp³-hybridized carbons (Fsp3) is 0.143. The number of hydrogen-bond acceptors (Lipinski definition) is 3. The lowest BCUT2D eigenvalue weighted by Gasteiger charge is -2.22. The van der Waals surface area contributed by atoms with Crippen LogP contribution in [0.1, 0.15) is 11.1 Å². The number of nitrogens with two attached hydrogens (primary N) is 2. The highest BCUT2D eigenvalue weighted by Gasteiger charge is 2.37. The zero-order valence-corrected chi connectivity index (χ0v) is 14.1. The molecule has 0 unspecified atom stereocenters. The molecule has 0 fully saturated rings. The molecule has 148 valence electrons. The molecule has 0 amide bonds. The summed E-state index contributed by atoms with van der Waals surface area (Å²) in [5.74, 6) is 0. The number of anilines is 4. The van der Waals surface area contributed by atoms with Crippen molar-refractivity contribution in [2.75, 3.05) is 21.6 Å². The van der Waals surface area contributed by atoms with E-state index in [9.17, 15) is 35.8 Å². The SMILES string of the molecule is Nc1ccc(NP(=O)(O)Nc2ccc(N)cc2C(F)(F)F)c(C(F)(F)F)c1. The highest BCUT2D eigenvalue weighted by atomic mass is 31.2. The molecule has 0 heterocycles. The van der Waals surface area contributed by atoms with Gasteiger partial charge < -0.3 is 16.4 Å². The van der Waals surface area contributed by atoms with Gasteiger partial charge in [-0.15, -0.1) is 0 Å². The number of nitrogen functional groups attached to an aromatic ring is 2. The van der Waals surface area contributed by atoms with E-state index in [2.05, 4.69) is 0 Å². The largest absolute Gasteiger partial charge is 0.418 e. The Balaban J connectivity index is 2.39. The first kappa shape index (κ1) is 20.7. The van der Waals surface area contributed by atoms with Gasteiger partial charge >= 0.3 is 20.0 Å². The standard InChI is InChI=1S/C14H13F6N4O2P/c15-13(16,17)9-5-7(21)1-3-11(9)23-27(25,26)24-12-4-2-8(22)6-10(12)14(18,19)20/h1-6H,21-22H2,(H3,23,24,25,26). The van der Waals surface area contributed by atoms with Crippen LogP contribution in [0.5, 0.6) is 0 Å². The molecule has 0 saturated heterocycles. The number of benzene rings is 2. The Morgan fingerprint density at radius 3 is 1.41 bits per heavy atom. The molecule has 0 saturated carbocycles. The van der Waals surface area contributed by atoms with Crippen LogP contribution in [-0.2, 0) is 16.9 Å². The van der Waals surface area contributed by atoms with Gasteiger partial charge in [-0.25, -0.2) is 4.57 Å². The molecule has 27 heavy (non-hydrogen) atoms. The van der Waals surface area contributed by atoms with Gasteiger partial charge in [-0.3, -0.25) is 10.2 Å². The summed E-state index contributed by atoms with van der Waals surface area (Å²) in [6, 6.07) is 4.68. The zero-order valence-electron chi connectivity index (χ0n) is 13.2. The molecule has 0 aliphatic carbocycles. The first-order chi connectivity index (χ1) is 12.2. The van der Waals surface area contributed by atoms with Crippen LogP contribution in [0, 0.1) is 0 Å². The minimum Gasteiger partial charge on any atom is -0.399 e. The Morgan fingerprint density at radius 1 is 0.778 bits per heavy atom. The Labute approximate surface area is 148 Å². The summed E-state index contributed by atoms with van der Waals surface area (Å²) in [6.07, 6.45) is -9.84. The molecule has 2 rings (SSSR count). The van der Waals surface area contributed by atoms with Crippen molar-refractivity contribution in [1.82, 2.24) is 0 Å². The minimum absolute atomic E-state index is 0.258. The maximum atomic E-state index is 13.0. The van der Waals surface area contributed by atoms with Gasteiger partial charge in [-0.05, 0) is 36.4 Å².